The summed E-state index contributed by atoms with van der Waals surface area (Å²) in [5, 5.41) is 26.7. The zero-order valence-electron chi connectivity index (χ0n) is 11.2. The van der Waals surface area contributed by atoms with Crippen molar-refractivity contribution in [1.82, 2.24) is 0 Å². The highest BCUT2D eigenvalue weighted by molar-refractivity contribution is 7.85. The van der Waals surface area contributed by atoms with Crippen molar-refractivity contribution in [3.05, 3.63) is 28.8 Å². The number of carboxylic acids is 1. The van der Waals surface area contributed by atoms with Crippen molar-refractivity contribution in [3.8, 4) is 0 Å². The maximum absolute atomic E-state index is 11.9. The van der Waals surface area contributed by atoms with E-state index in [0.29, 0.717) is 6.07 Å². The second-order valence-corrected chi connectivity index (χ2v) is 5.53. The maximum atomic E-state index is 11.9. The summed E-state index contributed by atoms with van der Waals surface area (Å²) in [6.07, 6.45) is -0.239. The van der Waals surface area contributed by atoms with E-state index in [2.05, 4.69) is 4.74 Å². The summed E-state index contributed by atoms with van der Waals surface area (Å²) in [7, 11) is -4.75. The van der Waals surface area contributed by atoms with Crippen LogP contribution in [0.3, 0.4) is 0 Å². The third-order valence-electron chi connectivity index (χ3n) is 2.66. The lowest BCUT2D eigenvalue weighted by molar-refractivity contribution is 0.0432. The van der Waals surface area contributed by atoms with Gasteiger partial charge in [-0.3, -0.25) is 4.55 Å². The van der Waals surface area contributed by atoms with Gasteiger partial charge in [-0.15, -0.1) is 0 Å². The minimum absolute atomic E-state index is 0.134. The summed E-state index contributed by atoms with van der Waals surface area (Å²) < 4.78 is 36.0. The number of benzene rings is 1. The Balaban J connectivity index is 3.57. The summed E-state index contributed by atoms with van der Waals surface area (Å²) in [6, 6.07) is 1.44. The summed E-state index contributed by atoms with van der Waals surface area (Å²) in [5.74, 6) is -2.62. The van der Waals surface area contributed by atoms with E-state index in [1.165, 1.54) is 0 Å². The first-order chi connectivity index (χ1) is 10.2. The van der Waals surface area contributed by atoms with E-state index >= 15 is 0 Å². The quantitative estimate of drug-likeness (QED) is 0.374. The molecule has 10 heteroatoms. The topological polar surface area (TPSA) is 158 Å². The highest BCUT2D eigenvalue weighted by atomic mass is 32.2. The van der Waals surface area contributed by atoms with Crippen LogP contribution in [-0.2, 0) is 21.3 Å². The van der Waals surface area contributed by atoms with Crippen LogP contribution >= 0.6 is 0 Å². The molecule has 122 valence electrons. The fraction of sp³-hybridized carbons (Fsp3) is 0.333. The lowest BCUT2D eigenvalue weighted by Crippen LogP contribution is -2.17. The number of hydrogen-bond donors (Lipinski definition) is 4. The third kappa shape index (κ3) is 4.24. The van der Waals surface area contributed by atoms with Gasteiger partial charge < -0.3 is 20.1 Å². The smallest absolute Gasteiger partial charge is 0.338 e. The van der Waals surface area contributed by atoms with Crippen LogP contribution in [0.2, 0.25) is 0 Å². The molecule has 0 amide bonds. The maximum Gasteiger partial charge on any atom is 0.338 e. The van der Waals surface area contributed by atoms with E-state index in [1.54, 1.807) is 0 Å². The zero-order valence-corrected chi connectivity index (χ0v) is 12.0. The summed E-state index contributed by atoms with van der Waals surface area (Å²) in [6.45, 7) is -1.35. The van der Waals surface area contributed by atoms with Gasteiger partial charge in [0.25, 0.3) is 10.1 Å². The van der Waals surface area contributed by atoms with Gasteiger partial charge in [-0.1, -0.05) is 0 Å². The standard InChI is InChI=1S/C12H14O9S/c13-2-1-8-9(11(15)16)5-7(22(18,19)20)6-10(8)12(17)21-4-3-14/h5-6,13-14H,1-4H2,(H,15,16)(H,18,19,20). The number of aliphatic hydroxyl groups excluding tert-OH is 2. The van der Waals surface area contributed by atoms with E-state index in [9.17, 15) is 18.0 Å². The van der Waals surface area contributed by atoms with Crippen molar-refractivity contribution in [3.63, 3.8) is 0 Å². The number of carbonyl (C=O) groups is 2. The predicted molar refractivity (Wildman–Crippen MR) is 71.4 cm³/mol. The Morgan fingerprint density at radius 1 is 1.09 bits per heavy atom. The van der Waals surface area contributed by atoms with Crippen molar-refractivity contribution in [2.24, 2.45) is 0 Å². The van der Waals surface area contributed by atoms with Gasteiger partial charge in [-0.05, 0) is 24.1 Å². The van der Waals surface area contributed by atoms with Crippen LogP contribution in [0.5, 0.6) is 0 Å². The number of aliphatic hydroxyl groups is 2. The molecule has 1 aromatic rings. The normalized spacial score (nSPS) is 11.2. The van der Waals surface area contributed by atoms with Gasteiger partial charge in [0.05, 0.1) is 22.6 Å². The van der Waals surface area contributed by atoms with Crippen LogP contribution in [-0.4, -0.2) is 60.0 Å². The zero-order chi connectivity index (χ0) is 16.9. The molecule has 0 radical (unpaired) electrons. The molecule has 0 aliphatic heterocycles. The number of rotatable bonds is 7. The summed E-state index contributed by atoms with van der Waals surface area (Å²) >= 11 is 0. The van der Waals surface area contributed by atoms with Crippen LogP contribution in [0, 0.1) is 0 Å². The van der Waals surface area contributed by atoms with E-state index in [0.717, 1.165) is 6.07 Å². The van der Waals surface area contributed by atoms with Crippen LogP contribution in [0.15, 0.2) is 17.0 Å². The number of aromatic carboxylic acids is 1. The van der Waals surface area contributed by atoms with Crippen LogP contribution < -0.4 is 0 Å². The lowest BCUT2D eigenvalue weighted by Gasteiger charge is -2.13. The average Bonchev–Trinajstić information content (AvgIpc) is 2.43. The molecule has 9 nitrogen and oxygen atoms in total. The Hall–Kier alpha value is -2.01. The highest BCUT2D eigenvalue weighted by Crippen LogP contribution is 2.23. The number of hydrogen-bond acceptors (Lipinski definition) is 7. The van der Waals surface area contributed by atoms with Crippen LogP contribution in [0.1, 0.15) is 26.3 Å². The second kappa shape index (κ2) is 7.31. The first kappa shape index (κ1) is 18.0. The fourth-order valence-corrected chi connectivity index (χ4v) is 2.30. The Morgan fingerprint density at radius 2 is 1.68 bits per heavy atom. The van der Waals surface area contributed by atoms with Crippen molar-refractivity contribution >= 4 is 22.1 Å². The first-order valence-electron chi connectivity index (χ1n) is 5.99. The monoisotopic (exact) mass is 334 g/mol. The minimum atomic E-state index is -4.75. The molecule has 0 saturated carbocycles. The molecule has 0 saturated heterocycles. The molecule has 0 aromatic heterocycles. The van der Waals surface area contributed by atoms with E-state index in [4.69, 9.17) is 19.9 Å². The molecule has 1 aromatic carbocycles. The SMILES string of the molecule is O=C(O)c1cc(S(=O)(=O)O)cc(C(=O)OCCO)c1CCO. The average molecular weight is 334 g/mol. The van der Waals surface area contributed by atoms with Gasteiger partial charge in [0.1, 0.15) is 6.61 Å². The number of carboxylic acid groups (broad SMARTS) is 1. The number of ether oxygens (including phenoxy) is 1. The Morgan fingerprint density at radius 3 is 2.14 bits per heavy atom. The molecule has 0 heterocycles. The third-order valence-corrected chi connectivity index (χ3v) is 3.49. The first-order valence-corrected chi connectivity index (χ1v) is 7.43. The van der Waals surface area contributed by atoms with E-state index in [1.807, 2.05) is 0 Å². The molecule has 0 spiro atoms. The Kier molecular flexibility index (Phi) is 6.00. The molecule has 0 aliphatic carbocycles. The summed E-state index contributed by atoms with van der Waals surface area (Å²) in [4.78, 5) is 22.3. The van der Waals surface area contributed by atoms with Crippen molar-refractivity contribution in [2.75, 3.05) is 19.8 Å². The predicted octanol–water partition coefficient (Wildman–Crippen LogP) is -0.685. The van der Waals surface area contributed by atoms with Gasteiger partial charge >= 0.3 is 11.9 Å². The van der Waals surface area contributed by atoms with Crippen LogP contribution in [0.25, 0.3) is 0 Å². The van der Waals surface area contributed by atoms with Gasteiger partial charge in [-0.25, -0.2) is 9.59 Å². The molecule has 0 fully saturated rings. The lowest BCUT2D eigenvalue weighted by atomic mass is 9.98. The molecular weight excluding hydrogens is 320 g/mol. The second-order valence-electron chi connectivity index (χ2n) is 4.11. The Labute approximate surface area is 125 Å². The van der Waals surface area contributed by atoms with Crippen molar-refractivity contribution < 1.29 is 42.6 Å². The molecule has 0 unspecified atom stereocenters. The van der Waals surface area contributed by atoms with Crippen molar-refractivity contribution in [2.45, 2.75) is 11.3 Å². The van der Waals surface area contributed by atoms with Crippen LogP contribution in [0.4, 0.5) is 0 Å². The van der Waals surface area contributed by atoms with E-state index in [-0.39, 0.29) is 18.6 Å². The molecule has 0 atom stereocenters. The molecule has 22 heavy (non-hydrogen) atoms. The number of esters is 1. The molecule has 0 bridgehead atoms. The number of carbonyl (C=O) groups excluding carboxylic acids is 1. The highest BCUT2D eigenvalue weighted by Gasteiger charge is 2.24. The van der Waals surface area contributed by atoms with Gasteiger partial charge in [0.15, 0.2) is 0 Å². The minimum Gasteiger partial charge on any atom is -0.478 e. The molecule has 4 N–H and O–H groups in total. The van der Waals surface area contributed by atoms with Gasteiger partial charge in [0.2, 0.25) is 0 Å². The van der Waals surface area contributed by atoms with Crippen molar-refractivity contribution in [1.29, 1.82) is 0 Å². The van der Waals surface area contributed by atoms with Gasteiger partial charge in [-0.2, -0.15) is 8.42 Å². The Bertz CT molecular complexity index is 678. The summed E-state index contributed by atoms with van der Waals surface area (Å²) in [5.41, 5.74) is -1.11. The van der Waals surface area contributed by atoms with Gasteiger partial charge in [0, 0.05) is 6.61 Å². The molecule has 1 rings (SSSR count). The van der Waals surface area contributed by atoms with E-state index < -0.39 is 51.3 Å². The molecular formula is C12H14O9S. The molecule has 0 aliphatic rings. The largest absolute Gasteiger partial charge is 0.478 e. The fourth-order valence-electron chi connectivity index (χ4n) is 1.76.